The van der Waals surface area contributed by atoms with Crippen molar-refractivity contribution in [3.05, 3.63) is 145 Å². The molecule has 1 aromatic heterocycles. The molecule has 1 nitrogen and oxygen atoms in total. The molecule has 0 N–H and O–H groups in total. The predicted molar refractivity (Wildman–Crippen MR) is 192 cm³/mol. The van der Waals surface area contributed by atoms with Crippen LogP contribution in [0.1, 0.15) is 24.7 Å². The van der Waals surface area contributed by atoms with Gasteiger partial charge in [0.2, 0.25) is 0 Å². The molecule has 11 rings (SSSR count). The van der Waals surface area contributed by atoms with Gasteiger partial charge in [0, 0.05) is 10.8 Å². The zero-order valence-electron chi connectivity index (χ0n) is 40.9. The normalized spacial score (nSPS) is 18.0. The van der Waals surface area contributed by atoms with Crippen molar-refractivity contribution < 1.29 is 29.1 Å². The highest BCUT2D eigenvalue weighted by atomic mass is 16.3. The molecule has 1 heterocycles. The maximum Gasteiger partial charge on any atom is 0.135 e. The molecule has 11 aromatic rings. The Morgan fingerprint density at radius 3 is 1.18 bits per heavy atom. The van der Waals surface area contributed by atoms with E-state index in [2.05, 4.69) is 0 Å². The van der Waals surface area contributed by atoms with Crippen LogP contribution in [0.15, 0.2) is 150 Å². The summed E-state index contributed by atoms with van der Waals surface area (Å²) in [4.78, 5) is 0. The first kappa shape index (κ1) is 12.6. The van der Waals surface area contributed by atoms with Crippen LogP contribution in [0.2, 0.25) is 0 Å². The third-order valence-corrected chi connectivity index (χ3v) is 8.67. The number of hydrogen-bond donors (Lipinski definition) is 0. The van der Waals surface area contributed by atoms with Crippen LogP contribution in [-0.2, 0) is 0 Å². The molecular formula is C44H24O. The van der Waals surface area contributed by atoms with Crippen LogP contribution < -0.4 is 0 Å². The Balaban J connectivity index is 1.23. The Hall–Kier alpha value is -5.92. The van der Waals surface area contributed by atoms with Crippen LogP contribution in [0.5, 0.6) is 0 Å². The molecule has 0 amide bonds. The first-order chi connectivity index (χ1) is 29.8. The van der Waals surface area contributed by atoms with E-state index in [-0.39, 0.29) is 75.8 Å². The van der Waals surface area contributed by atoms with Gasteiger partial charge in [-0.25, -0.2) is 0 Å². The molecule has 0 aliphatic rings. The van der Waals surface area contributed by atoms with E-state index in [1.165, 1.54) is 0 Å². The second-order valence-electron chi connectivity index (χ2n) is 11.0. The average Bonchev–Trinajstić information content (AvgIpc) is 3.62. The summed E-state index contributed by atoms with van der Waals surface area (Å²) < 4.78 is 166. The van der Waals surface area contributed by atoms with Crippen molar-refractivity contribution in [2.75, 3.05) is 0 Å². The molecule has 0 saturated heterocycles. The van der Waals surface area contributed by atoms with Crippen molar-refractivity contribution in [1.82, 2.24) is 0 Å². The minimum atomic E-state index is -0.571. The van der Waals surface area contributed by atoms with Crippen LogP contribution in [0.25, 0.3) is 109 Å². The summed E-state index contributed by atoms with van der Waals surface area (Å²) in [5.74, 6) is 0. The van der Waals surface area contributed by atoms with Crippen LogP contribution in [0, 0.1) is 0 Å². The Morgan fingerprint density at radius 2 is 0.733 bits per heavy atom. The molecule has 0 aliphatic carbocycles. The number of rotatable bonds is 2. The van der Waals surface area contributed by atoms with Crippen molar-refractivity contribution in [3.8, 4) is 22.3 Å². The molecule has 206 valence electrons. The summed E-state index contributed by atoms with van der Waals surface area (Å²) in [7, 11) is 0. The molecule has 0 spiro atoms. The third kappa shape index (κ3) is 3.12. The van der Waals surface area contributed by atoms with E-state index in [9.17, 15) is 5.48 Å². The Labute approximate surface area is 283 Å². The zero-order valence-corrected chi connectivity index (χ0v) is 22.9. The molecule has 0 unspecified atom stereocenters. The lowest BCUT2D eigenvalue weighted by molar-refractivity contribution is 0.669. The Bertz CT molecular complexity index is 3700. The number of furan rings is 1. The average molecular weight is 587 g/mol. The first-order valence-electron chi connectivity index (χ1n) is 23.1. The van der Waals surface area contributed by atoms with Crippen LogP contribution in [0.3, 0.4) is 0 Å². The summed E-state index contributed by atoms with van der Waals surface area (Å²) in [5.41, 5.74) is 1.37. The van der Waals surface area contributed by atoms with Gasteiger partial charge in [-0.1, -0.05) is 121 Å². The molecule has 1 heteroatoms. The van der Waals surface area contributed by atoms with Gasteiger partial charge in [0.15, 0.2) is 0 Å². The number of benzene rings is 10. The summed E-state index contributed by atoms with van der Waals surface area (Å²) in [6.45, 7) is 0. The van der Waals surface area contributed by atoms with E-state index in [1.54, 1.807) is 36.4 Å². The first-order valence-corrected chi connectivity index (χ1v) is 14.1. The van der Waals surface area contributed by atoms with Crippen LogP contribution >= 0.6 is 0 Å². The van der Waals surface area contributed by atoms with Gasteiger partial charge in [0.25, 0.3) is 0 Å². The van der Waals surface area contributed by atoms with Gasteiger partial charge < -0.3 is 4.42 Å². The van der Waals surface area contributed by atoms with Crippen molar-refractivity contribution in [1.29, 1.82) is 0 Å². The topological polar surface area (TPSA) is 13.1 Å². The fraction of sp³-hybridized carbons (Fsp3) is 0. The Kier molecular flexibility index (Phi) is 2.34. The minimum Gasteiger partial charge on any atom is -0.456 e. The summed E-state index contributed by atoms with van der Waals surface area (Å²) in [5, 5.41) is 0.0655. The molecule has 0 saturated carbocycles. The molecule has 45 heavy (non-hydrogen) atoms. The second-order valence-corrected chi connectivity index (χ2v) is 11.0. The minimum absolute atomic E-state index is 0.00942. The third-order valence-electron chi connectivity index (χ3n) is 8.67. The highest BCUT2D eigenvalue weighted by Crippen LogP contribution is 2.43. The fourth-order valence-corrected chi connectivity index (χ4v) is 6.65. The zero-order chi connectivity index (χ0) is 44.9. The van der Waals surface area contributed by atoms with Gasteiger partial charge in [-0.05, 0) is 111 Å². The van der Waals surface area contributed by atoms with E-state index in [0.29, 0.717) is 33.1 Å². The van der Waals surface area contributed by atoms with Gasteiger partial charge in [-0.15, -0.1) is 0 Å². The van der Waals surface area contributed by atoms with Crippen molar-refractivity contribution in [2.24, 2.45) is 0 Å². The molecule has 10 aromatic carbocycles. The predicted octanol–water partition coefficient (Wildman–Crippen LogP) is 12.7. The van der Waals surface area contributed by atoms with Crippen molar-refractivity contribution in [3.63, 3.8) is 0 Å². The highest BCUT2D eigenvalue weighted by Gasteiger charge is 2.16. The molecular weight excluding hydrogens is 544 g/mol. The Morgan fingerprint density at radius 1 is 0.356 bits per heavy atom. The SMILES string of the molecule is [2H]c1c([2H])c2c([2H])c([2H])c3c([2H])c([2H])c(-c4ccc5oc6ccc(-c7c([2H])c([2H])c8c([2H])c([2H])c9c([2H])c([2H])c([2H])c%10c([2H])c([2H])c7c8c9%10)cc6c5c4)c4c([2H])c([2H])c(c1[2H])c2c34. The van der Waals surface area contributed by atoms with Crippen molar-refractivity contribution >= 4 is 86.6 Å². The number of fused-ring (bicyclic) bond motifs is 3. The summed E-state index contributed by atoms with van der Waals surface area (Å²) in [6, 6.07) is 1.04. The maximum absolute atomic E-state index is 9.27. The monoisotopic (exact) mass is 586 g/mol. The van der Waals surface area contributed by atoms with Gasteiger partial charge in [-0.3, -0.25) is 0 Å². The second kappa shape index (κ2) is 8.37. The van der Waals surface area contributed by atoms with E-state index in [0.717, 1.165) is 0 Å². The lowest BCUT2D eigenvalue weighted by Crippen LogP contribution is -1.87. The van der Waals surface area contributed by atoms with Gasteiger partial charge in [0.05, 0.1) is 24.7 Å². The smallest absolute Gasteiger partial charge is 0.135 e. The molecule has 0 atom stereocenters. The quantitative estimate of drug-likeness (QED) is 0.184. The van der Waals surface area contributed by atoms with E-state index in [4.69, 9.17) is 23.6 Å². The maximum atomic E-state index is 9.27. The van der Waals surface area contributed by atoms with Crippen LogP contribution in [-0.4, -0.2) is 0 Å². The molecule has 0 bridgehead atoms. The van der Waals surface area contributed by atoms with Crippen LogP contribution in [0.4, 0.5) is 0 Å². The van der Waals surface area contributed by atoms with Gasteiger partial charge in [-0.2, -0.15) is 0 Å². The van der Waals surface area contributed by atoms with E-state index in [1.807, 2.05) is 0 Å². The largest absolute Gasteiger partial charge is 0.456 e. The highest BCUT2D eigenvalue weighted by molar-refractivity contribution is 6.27. The fourth-order valence-electron chi connectivity index (χ4n) is 6.65. The standard InChI is InChI=1S/C44H24O/c1-3-25-7-9-29-11-17-33(35-19-13-27(5-1)41(25)43(29)35)31-15-21-39-37(23-31)38-24-32(16-22-40(38)45-39)34-18-12-30-10-8-26-4-2-6-28-14-20-36(34)44(30)42(26)28/h1-24H/i1D,2D,3D,4D,5D,6D,7D,8D,9D,10D,11D,12D,13D,14D,17D,18D,19D,20D. The summed E-state index contributed by atoms with van der Waals surface area (Å²) in [6.07, 6.45) is 0. The lowest BCUT2D eigenvalue weighted by atomic mass is 9.89. The molecule has 0 fully saturated rings. The van der Waals surface area contributed by atoms with E-state index >= 15 is 0 Å². The van der Waals surface area contributed by atoms with Gasteiger partial charge in [0.1, 0.15) is 11.2 Å². The van der Waals surface area contributed by atoms with Crippen molar-refractivity contribution in [2.45, 2.75) is 0 Å². The van der Waals surface area contributed by atoms with Gasteiger partial charge >= 0.3 is 0 Å². The van der Waals surface area contributed by atoms with E-state index < -0.39 is 109 Å². The lowest BCUT2D eigenvalue weighted by Gasteiger charge is -2.14. The molecule has 0 radical (unpaired) electrons. The summed E-state index contributed by atoms with van der Waals surface area (Å²) >= 11 is 0. The molecule has 0 aliphatic heterocycles. The number of hydrogen-bond acceptors (Lipinski definition) is 1.